The van der Waals surface area contributed by atoms with E-state index in [1.807, 2.05) is 23.9 Å². The lowest BCUT2D eigenvalue weighted by molar-refractivity contribution is 0.265. The van der Waals surface area contributed by atoms with E-state index in [1.54, 1.807) is 7.11 Å². The zero-order valence-electron chi connectivity index (χ0n) is 10.9. The fraction of sp³-hybridized carbons (Fsp3) is 0.538. The van der Waals surface area contributed by atoms with Crippen LogP contribution in [-0.4, -0.2) is 37.1 Å². The third kappa shape index (κ3) is 4.53. The van der Waals surface area contributed by atoms with Crippen LogP contribution in [0.15, 0.2) is 22.7 Å². The van der Waals surface area contributed by atoms with Gasteiger partial charge in [0.15, 0.2) is 0 Å². The molecule has 0 bridgehead atoms. The Hall–Kier alpha value is -0.190. The Morgan fingerprint density at radius 3 is 2.76 bits per heavy atom. The molecule has 0 spiro atoms. The highest BCUT2D eigenvalue weighted by atomic mass is 79.9. The summed E-state index contributed by atoms with van der Waals surface area (Å²) < 4.78 is 6.48. The van der Waals surface area contributed by atoms with Gasteiger partial charge < -0.3 is 4.74 Å². The van der Waals surface area contributed by atoms with E-state index >= 15 is 0 Å². The molecule has 1 aromatic rings. The van der Waals surface area contributed by atoms with Gasteiger partial charge in [0.1, 0.15) is 5.75 Å². The summed E-state index contributed by atoms with van der Waals surface area (Å²) in [5.41, 5.74) is 1.22. The average Bonchev–Trinajstić information content (AvgIpc) is 2.29. The number of rotatable bonds is 6. The predicted molar refractivity (Wildman–Crippen MR) is 80.0 cm³/mol. The van der Waals surface area contributed by atoms with E-state index in [-0.39, 0.29) is 0 Å². The second-order valence-corrected chi connectivity index (χ2v) is 6.00. The number of halogens is 1. The van der Waals surface area contributed by atoms with E-state index < -0.39 is 0 Å². The smallest absolute Gasteiger partial charge is 0.123 e. The molecule has 1 atom stereocenters. The van der Waals surface area contributed by atoms with Gasteiger partial charge in [0.2, 0.25) is 0 Å². The van der Waals surface area contributed by atoms with Crippen LogP contribution in [0.3, 0.4) is 0 Å². The number of hydrogen-bond donors (Lipinski definition) is 0. The van der Waals surface area contributed by atoms with Gasteiger partial charge in [-0.3, -0.25) is 4.90 Å². The summed E-state index contributed by atoms with van der Waals surface area (Å²) in [6.45, 7) is 3.16. The van der Waals surface area contributed by atoms with E-state index in [4.69, 9.17) is 4.74 Å². The maximum absolute atomic E-state index is 5.39. The Labute approximate surface area is 117 Å². The van der Waals surface area contributed by atoms with Crippen LogP contribution in [0.2, 0.25) is 0 Å². The van der Waals surface area contributed by atoms with Gasteiger partial charge in [-0.25, -0.2) is 0 Å². The van der Waals surface area contributed by atoms with Crippen molar-refractivity contribution in [2.75, 3.05) is 26.2 Å². The van der Waals surface area contributed by atoms with E-state index in [0.29, 0.717) is 6.04 Å². The molecule has 0 fully saturated rings. The van der Waals surface area contributed by atoms with Crippen LogP contribution in [0.4, 0.5) is 0 Å². The lowest BCUT2D eigenvalue weighted by Crippen LogP contribution is -2.30. The molecule has 0 aliphatic heterocycles. The molecular formula is C13H20BrNOS. The standard InChI is InChI=1S/C13H20BrNOS/c1-10(9-17-4)15(2)8-11-7-12(14)5-6-13(11)16-3/h5-7,10H,8-9H2,1-4H3. The normalized spacial score (nSPS) is 12.8. The topological polar surface area (TPSA) is 12.5 Å². The van der Waals surface area contributed by atoms with Crippen molar-refractivity contribution in [1.29, 1.82) is 0 Å². The Morgan fingerprint density at radius 1 is 1.47 bits per heavy atom. The molecule has 0 amide bonds. The second-order valence-electron chi connectivity index (χ2n) is 4.18. The molecular weight excluding hydrogens is 298 g/mol. The Morgan fingerprint density at radius 2 is 2.18 bits per heavy atom. The molecule has 96 valence electrons. The van der Waals surface area contributed by atoms with Gasteiger partial charge in [0.25, 0.3) is 0 Å². The molecule has 0 saturated heterocycles. The van der Waals surface area contributed by atoms with Crippen LogP contribution in [0, 0.1) is 0 Å². The molecule has 2 nitrogen and oxygen atoms in total. The van der Waals surface area contributed by atoms with Gasteiger partial charge >= 0.3 is 0 Å². The van der Waals surface area contributed by atoms with Gasteiger partial charge in [0, 0.05) is 28.4 Å². The molecule has 0 saturated carbocycles. The van der Waals surface area contributed by atoms with Crippen LogP contribution < -0.4 is 4.74 Å². The minimum absolute atomic E-state index is 0.564. The van der Waals surface area contributed by atoms with Gasteiger partial charge in [0.05, 0.1) is 7.11 Å². The lowest BCUT2D eigenvalue weighted by atomic mass is 10.1. The highest BCUT2D eigenvalue weighted by Crippen LogP contribution is 2.24. The first kappa shape index (κ1) is 14.9. The quantitative estimate of drug-likeness (QED) is 0.794. The monoisotopic (exact) mass is 317 g/mol. The molecule has 0 aliphatic carbocycles. The van der Waals surface area contributed by atoms with Gasteiger partial charge in [-0.15, -0.1) is 0 Å². The van der Waals surface area contributed by atoms with Gasteiger partial charge in [-0.2, -0.15) is 11.8 Å². The van der Waals surface area contributed by atoms with E-state index in [2.05, 4.69) is 47.1 Å². The largest absolute Gasteiger partial charge is 0.496 e. The van der Waals surface area contributed by atoms with Crippen molar-refractivity contribution >= 4 is 27.7 Å². The SMILES string of the molecule is COc1ccc(Br)cc1CN(C)C(C)CSC. The fourth-order valence-corrected chi connectivity index (χ4v) is 2.81. The Kier molecular flexibility index (Phi) is 6.38. The first-order valence-corrected chi connectivity index (χ1v) is 7.78. The fourth-order valence-electron chi connectivity index (χ4n) is 1.66. The van der Waals surface area contributed by atoms with Crippen LogP contribution in [0.25, 0.3) is 0 Å². The highest BCUT2D eigenvalue weighted by molar-refractivity contribution is 9.10. The first-order valence-electron chi connectivity index (χ1n) is 5.60. The minimum atomic E-state index is 0.564. The summed E-state index contributed by atoms with van der Waals surface area (Å²) in [7, 11) is 3.87. The van der Waals surface area contributed by atoms with E-state index in [0.717, 1.165) is 22.5 Å². The van der Waals surface area contributed by atoms with Crippen LogP contribution in [0.5, 0.6) is 5.75 Å². The van der Waals surface area contributed by atoms with Crippen LogP contribution >= 0.6 is 27.7 Å². The Bertz CT molecular complexity index is 359. The minimum Gasteiger partial charge on any atom is -0.496 e. The third-order valence-electron chi connectivity index (χ3n) is 2.82. The van der Waals surface area contributed by atoms with Gasteiger partial charge in [-0.1, -0.05) is 15.9 Å². The summed E-state index contributed by atoms with van der Waals surface area (Å²) in [6, 6.07) is 6.70. The summed E-state index contributed by atoms with van der Waals surface area (Å²) in [6.07, 6.45) is 2.14. The van der Waals surface area contributed by atoms with Crippen LogP contribution in [-0.2, 0) is 6.54 Å². The number of methoxy groups -OCH3 is 1. The maximum Gasteiger partial charge on any atom is 0.123 e. The molecule has 0 radical (unpaired) electrons. The number of hydrogen-bond acceptors (Lipinski definition) is 3. The molecule has 4 heteroatoms. The van der Waals surface area contributed by atoms with Crippen molar-refractivity contribution in [2.24, 2.45) is 0 Å². The molecule has 0 aromatic heterocycles. The van der Waals surface area contributed by atoms with E-state index in [9.17, 15) is 0 Å². The first-order chi connectivity index (χ1) is 8.08. The summed E-state index contributed by atoms with van der Waals surface area (Å²) in [4.78, 5) is 2.35. The Balaban J connectivity index is 2.76. The molecule has 1 rings (SSSR count). The molecule has 1 unspecified atom stereocenters. The summed E-state index contributed by atoms with van der Waals surface area (Å²) in [5.74, 6) is 2.10. The van der Waals surface area contributed by atoms with Gasteiger partial charge in [-0.05, 0) is 38.4 Å². The van der Waals surface area contributed by atoms with E-state index in [1.165, 1.54) is 5.56 Å². The number of thioether (sulfide) groups is 1. The molecule has 0 heterocycles. The molecule has 17 heavy (non-hydrogen) atoms. The van der Waals surface area contributed by atoms with Crippen molar-refractivity contribution in [2.45, 2.75) is 19.5 Å². The third-order valence-corrected chi connectivity index (χ3v) is 4.13. The van der Waals surface area contributed by atoms with Crippen molar-refractivity contribution in [3.8, 4) is 5.75 Å². The molecule has 0 aliphatic rings. The van der Waals surface area contributed by atoms with Crippen molar-refractivity contribution in [3.05, 3.63) is 28.2 Å². The maximum atomic E-state index is 5.39. The highest BCUT2D eigenvalue weighted by Gasteiger charge is 2.12. The zero-order chi connectivity index (χ0) is 12.8. The second kappa shape index (κ2) is 7.29. The number of nitrogens with zero attached hydrogens (tertiary/aromatic N) is 1. The summed E-state index contributed by atoms with van der Waals surface area (Å²) in [5, 5.41) is 0. The lowest BCUT2D eigenvalue weighted by Gasteiger charge is -2.25. The average molecular weight is 318 g/mol. The molecule has 1 aromatic carbocycles. The number of benzene rings is 1. The zero-order valence-corrected chi connectivity index (χ0v) is 13.3. The number of ether oxygens (including phenoxy) is 1. The predicted octanol–water partition coefficient (Wildman–Crippen LogP) is 3.64. The van der Waals surface area contributed by atoms with Crippen molar-refractivity contribution in [1.82, 2.24) is 4.90 Å². The van der Waals surface area contributed by atoms with Crippen molar-refractivity contribution < 1.29 is 4.74 Å². The summed E-state index contributed by atoms with van der Waals surface area (Å²) >= 11 is 5.38. The van der Waals surface area contributed by atoms with Crippen molar-refractivity contribution in [3.63, 3.8) is 0 Å². The van der Waals surface area contributed by atoms with Crippen LogP contribution in [0.1, 0.15) is 12.5 Å². The molecule has 0 N–H and O–H groups in total.